The van der Waals surface area contributed by atoms with Gasteiger partial charge in [0.1, 0.15) is 6.61 Å². The summed E-state index contributed by atoms with van der Waals surface area (Å²) in [5.74, 6) is -0.759. The molecule has 1 aliphatic heterocycles. The molecular formula is C21H16N2O5. The molecule has 3 aromatic heterocycles. The van der Waals surface area contributed by atoms with Gasteiger partial charge in [0.25, 0.3) is 5.56 Å². The van der Waals surface area contributed by atoms with Crippen molar-refractivity contribution in [1.82, 2.24) is 9.38 Å². The summed E-state index contributed by atoms with van der Waals surface area (Å²) < 4.78 is 6.49. The van der Waals surface area contributed by atoms with Crippen molar-refractivity contribution in [1.29, 1.82) is 0 Å². The van der Waals surface area contributed by atoms with E-state index in [1.165, 1.54) is 4.40 Å². The second-order valence-corrected chi connectivity index (χ2v) is 6.95. The fourth-order valence-electron chi connectivity index (χ4n) is 4.03. The van der Waals surface area contributed by atoms with E-state index in [2.05, 4.69) is 4.98 Å². The van der Waals surface area contributed by atoms with Crippen molar-refractivity contribution in [2.75, 3.05) is 0 Å². The van der Waals surface area contributed by atoms with Gasteiger partial charge in [0, 0.05) is 27.8 Å². The van der Waals surface area contributed by atoms with Crippen LogP contribution < -0.4 is 10.8 Å². The molecule has 7 nitrogen and oxygen atoms in total. The summed E-state index contributed by atoms with van der Waals surface area (Å²) in [5, 5.41) is 22.6. The molecule has 1 aliphatic rings. The van der Waals surface area contributed by atoms with Crippen LogP contribution in [0.3, 0.4) is 0 Å². The average molecular weight is 376 g/mol. The number of cyclic esters (lactones) is 1. The van der Waals surface area contributed by atoms with Crippen molar-refractivity contribution < 1.29 is 19.7 Å². The molecule has 0 saturated heterocycles. The van der Waals surface area contributed by atoms with Gasteiger partial charge in [0.15, 0.2) is 5.60 Å². The summed E-state index contributed by atoms with van der Waals surface area (Å²) in [6, 6.07) is 8.99. The van der Waals surface area contributed by atoms with Gasteiger partial charge in [-0.1, -0.05) is 25.1 Å². The average Bonchev–Trinajstić information content (AvgIpc) is 3.08. The first-order chi connectivity index (χ1) is 13.5. The highest BCUT2D eigenvalue weighted by Gasteiger charge is 2.44. The Balaban J connectivity index is 2.01. The van der Waals surface area contributed by atoms with Crippen LogP contribution in [0, 0.1) is 0 Å². The molecule has 0 fully saturated rings. The zero-order valence-electron chi connectivity index (χ0n) is 15.0. The van der Waals surface area contributed by atoms with E-state index in [1.54, 1.807) is 19.2 Å². The van der Waals surface area contributed by atoms with E-state index in [-0.39, 0.29) is 29.7 Å². The number of pyridine rings is 2. The number of benzene rings is 1. The van der Waals surface area contributed by atoms with E-state index in [1.807, 2.05) is 24.3 Å². The molecule has 0 radical (unpaired) electrons. The van der Waals surface area contributed by atoms with E-state index < -0.39 is 11.6 Å². The molecule has 0 unspecified atom stereocenters. The van der Waals surface area contributed by atoms with Gasteiger partial charge < -0.3 is 14.9 Å². The molecule has 0 aliphatic carbocycles. The summed E-state index contributed by atoms with van der Waals surface area (Å²) in [7, 11) is 0. The quantitative estimate of drug-likeness (QED) is 0.490. The normalized spacial score (nSPS) is 20.1. The van der Waals surface area contributed by atoms with Gasteiger partial charge in [-0.25, -0.2) is 9.78 Å². The zero-order chi connectivity index (χ0) is 19.6. The van der Waals surface area contributed by atoms with Crippen LogP contribution >= 0.6 is 0 Å². The van der Waals surface area contributed by atoms with Crippen LogP contribution in [0.15, 0.2) is 41.3 Å². The zero-order valence-corrected chi connectivity index (χ0v) is 15.0. The minimum Gasteiger partial charge on any atom is -0.515 e. The van der Waals surface area contributed by atoms with Crippen molar-refractivity contribution >= 4 is 39.6 Å². The number of carbonyl (C=O) groups excluding carboxylic acids is 1. The number of aliphatic hydroxyl groups excluding tert-OH is 1. The van der Waals surface area contributed by atoms with Crippen molar-refractivity contribution in [3.05, 3.63) is 63.2 Å². The molecule has 0 spiro atoms. The number of para-hydroxylation sites is 1. The summed E-state index contributed by atoms with van der Waals surface area (Å²) in [6.45, 7) is 1.47. The first-order valence-electron chi connectivity index (χ1n) is 8.93. The molecule has 7 heteroatoms. The molecule has 0 amide bonds. The number of fused-ring (bicyclic) bond motifs is 5. The molecule has 1 aromatic carbocycles. The number of rotatable bonds is 1. The minimum absolute atomic E-state index is 0.0825. The van der Waals surface area contributed by atoms with Crippen LogP contribution in [0.1, 0.15) is 24.5 Å². The molecule has 0 saturated carbocycles. The standard InChI is InChI=1S/C21H16N2O5/c1-2-21(27)15-7-17-18-12(8-23(17)19(25)14(15)10-28-20(21)26)13(9-24)11-5-3-4-6-16(11)22-18/h3-9,24,27H,2,10H2,1H3/t21-/m0/s1. The molecule has 5 rings (SSSR count). The number of aromatic nitrogens is 2. The Morgan fingerprint density at radius 1 is 1.29 bits per heavy atom. The van der Waals surface area contributed by atoms with Gasteiger partial charge in [0.05, 0.1) is 28.4 Å². The van der Waals surface area contributed by atoms with Gasteiger partial charge in [-0.15, -0.1) is 0 Å². The van der Waals surface area contributed by atoms with Crippen LogP contribution in [-0.2, 0) is 21.7 Å². The number of nitrogens with zero attached hydrogens (tertiary/aromatic N) is 2. The maximum atomic E-state index is 13.1. The maximum absolute atomic E-state index is 13.1. The first kappa shape index (κ1) is 16.7. The molecule has 4 heterocycles. The van der Waals surface area contributed by atoms with E-state index in [9.17, 15) is 19.8 Å². The second-order valence-electron chi connectivity index (χ2n) is 6.95. The Bertz CT molecular complexity index is 1420. The lowest BCUT2D eigenvalue weighted by Crippen LogP contribution is -2.43. The Labute approximate surface area is 158 Å². The van der Waals surface area contributed by atoms with Gasteiger partial charge in [-0.3, -0.25) is 9.20 Å². The lowest BCUT2D eigenvalue weighted by molar-refractivity contribution is -0.172. The van der Waals surface area contributed by atoms with E-state index in [4.69, 9.17) is 4.74 Å². The lowest BCUT2D eigenvalue weighted by atomic mass is 9.86. The second kappa shape index (κ2) is 5.53. The van der Waals surface area contributed by atoms with Gasteiger partial charge in [-0.05, 0) is 18.6 Å². The van der Waals surface area contributed by atoms with Gasteiger partial charge in [0.2, 0.25) is 0 Å². The number of hydrogen-bond donors (Lipinski definition) is 2. The smallest absolute Gasteiger partial charge is 0.343 e. The summed E-state index contributed by atoms with van der Waals surface area (Å²) in [5.41, 5.74) is -0.0977. The number of carbonyl (C=O) groups is 1. The summed E-state index contributed by atoms with van der Waals surface area (Å²) >= 11 is 0. The van der Waals surface area contributed by atoms with E-state index >= 15 is 0 Å². The largest absolute Gasteiger partial charge is 0.515 e. The molecule has 28 heavy (non-hydrogen) atoms. The van der Waals surface area contributed by atoms with Gasteiger partial charge >= 0.3 is 5.97 Å². The molecule has 140 valence electrons. The topological polar surface area (TPSA) is 101 Å². The Morgan fingerprint density at radius 3 is 2.82 bits per heavy atom. The fraction of sp³-hybridized carbons (Fsp3) is 0.190. The Morgan fingerprint density at radius 2 is 2.07 bits per heavy atom. The van der Waals surface area contributed by atoms with E-state index in [0.29, 0.717) is 27.2 Å². The Hall–Kier alpha value is -3.45. The SMILES string of the molecule is CC[C@@]1(O)C(=O)OCc2c1cc1c3nc4ccccc4c(=CO)c3cn1c2=O. The van der Waals surface area contributed by atoms with E-state index in [0.717, 1.165) is 11.6 Å². The van der Waals surface area contributed by atoms with Gasteiger partial charge in [-0.2, -0.15) is 0 Å². The predicted octanol–water partition coefficient (Wildman–Crippen LogP) is 1.67. The van der Waals surface area contributed by atoms with Crippen LogP contribution in [0.4, 0.5) is 0 Å². The first-order valence-corrected chi connectivity index (χ1v) is 8.93. The van der Waals surface area contributed by atoms with Crippen molar-refractivity contribution in [3.63, 3.8) is 0 Å². The number of esters is 1. The van der Waals surface area contributed by atoms with Crippen molar-refractivity contribution in [3.8, 4) is 0 Å². The molecule has 1 atom stereocenters. The third-order valence-electron chi connectivity index (χ3n) is 5.59. The predicted molar refractivity (Wildman–Crippen MR) is 103 cm³/mol. The number of ether oxygens (including phenoxy) is 1. The number of aliphatic hydroxyl groups is 2. The molecular weight excluding hydrogens is 360 g/mol. The fourth-order valence-corrected chi connectivity index (χ4v) is 4.03. The van der Waals surface area contributed by atoms with Crippen LogP contribution in [0.2, 0.25) is 0 Å². The van der Waals surface area contributed by atoms with Crippen LogP contribution in [0.5, 0.6) is 0 Å². The third-order valence-corrected chi connectivity index (χ3v) is 5.59. The summed E-state index contributed by atoms with van der Waals surface area (Å²) in [4.78, 5) is 30.0. The van der Waals surface area contributed by atoms with Crippen molar-refractivity contribution in [2.45, 2.75) is 25.6 Å². The monoisotopic (exact) mass is 376 g/mol. The highest BCUT2D eigenvalue weighted by atomic mass is 16.6. The minimum atomic E-state index is -1.87. The molecule has 2 N–H and O–H groups in total. The highest BCUT2D eigenvalue weighted by Crippen LogP contribution is 2.34. The Kier molecular flexibility index (Phi) is 3.30. The lowest BCUT2D eigenvalue weighted by Gasteiger charge is -2.31. The highest BCUT2D eigenvalue weighted by molar-refractivity contribution is 6.02. The maximum Gasteiger partial charge on any atom is 0.343 e. The summed E-state index contributed by atoms with van der Waals surface area (Å²) in [6.07, 6.45) is 2.71. The van der Waals surface area contributed by atoms with Crippen molar-refractivity contribution in [2.24, 2.45) is 0 Å². The number of hydrogen-bond acceptors (Lipinski definition) is 6. The molecule has 4 aromatic rings. The third kappa shape index (κ3) is 1.94. The molecule has 0 bridgehead atoms. The van der Waals surface area contributed by atoms with Crippen LogP contribution in [0.25, 0.3) is 33.6 Å². The van der Waals surface area contributed by atoms with Crippen LogP contribution in [-0.4, -0.2) is 25.6 Å².